The van der Waals surface area contributed by atoms with Gasteiger partial charge in [0, 0.05) is 13.1 Å². The highest BCUT2D eigenvalue weighted by Gasteiger charge is 2.37. The molecule has 2 aliphatic rings. The third kappa shape index (κ3) is 2.49. The fourth-order valence-corrected chi connectivity index (χ4v) is 3.45. The van der Waals surface area contributed by atoms with Crippen molar-refractivity contribution in [2.75, 3.05) is 30.5 Å². The normalized spacial score (nSPS) is 21.2. The first kappa shape index (κ1) is 13.4. The van der Waals surface area contributed by atoms with Gasteiger partial charge in [-0.05, 0) is 31.1 Å². The summed E-state index contributed by atoms with van der Waals surface area (Å²) < 4.78 is 5.10. The highest BCUT2D eigenvalue weighted by Crippen LogP contribution is 2.46. The van der Waals surface area contributed by atoms with Crippen LogP contribution in [0.15, 0.2) is 0 Å². The molecule has 0 atom stereocenters. The average molecular weight is 278 g/mol. The lowest BCUT2D eigenvalue weighted by atomic mass is 9.77. The maximum atomic E-state index is 5.39. The second kappa shape index (κ2) is 5.40. The third-order valence-corrected chi connectivity index (χ3v) is 4.69. The number of hydrogen-bond donors (Lipinski definition) is 2. The van der Waals surface area contributed by atoms with E-state index in [1.165, 1.54) is 38.5 Å². The van der Waals surface area contributed by atoms with Crippen molar-refractivity contribution in [1.29, 1.82) is 0 Å². The SMILES string of the molecule is COc1nc(NN)nc(N2CCC3(CCCC3)CC2)n1. The lowest BCUT2D eigenvalue weighted by Crippen LogP contribution is -2.39. The van der Waals surface area contributed by atoms with Crippen molar-refractivity contribution >= 4 is 11.9 Å². The van der Waals surface area contributed by atoms with Crippen LogP contribution in [0.25, 0.3) is 0 Å². The summed E-state index contributed by atoms with van der Waals surface area (Å²) in [5, 5.41) is 0. The molecule has 0 aromatic carbocycles. The number of ether oxygens (including phenoxy) is 1. The van der Waals surface area contributed by atoms with Gasteiger partial charge in [0.2, 0.25) is 11.9 Å². The molecule has 1 saturated carbocycles. The van der Waals surface area contributed by atoms with Crippen LogP contribution >= 0.6 is 0 Å². The van der Waals surface area contributed by atoms with Gasteiger partial charge in [0.15, 0.2) is 0 Å². The molecule has 1 spiro atoms. The van der Waals surface area contributed by atoms with Gasteiger partial charge in [-0.15, -0.1) is 0 Å². The van der Waals surface area contributed by atoms with E-state index in [0.717, 1.165) is 13.1 Å². The van der Waals surface area contributed by atoms with E-state index in [9.17, 15) is 0 Å². The number of piperidine rings is 1. The predicted molar refractivity (Wildman–Crippen MR) is 76.5 cm³/mol. The van der Waals surface area contributed by atoms with Crippen LogP contribution in [0.4, 0.5) is 11.9 Å². The van der Waals surface area contributed by atoms with E-state index < -0.39 is 0 Å². The predicted octanol–water partition coefficient (Wildman–Crippen LogP) is 1.33. The van der Waals surface area contributed by atoms with Crippen molar-refractivity contribution in [1.82, 2.24) is 15.0 Å². The summed E-state index contributed by atoms with van der Waals surface area (Å²) in [6.45, 7) is 1.99. The average Bonchev–Trinajstić information content (AvgIpc) is 2.95. The molecule has 1 saturated heterocycles. The molecule has 0 unspecified atom stereocenters. The Hall–Kier alpha value is -1.63. The maximum absolute atomic E-state index is 5.39. The number of rotatable bonds is 3. The standard InChI is InChI=1S/C13H22N6O/c1-20-12-16-10(18-14)15-11(17-12)19-8-6-13(7-9-19)4-2-3-5-13/h2-9,14H2,1H3,(H,15,16,17,18). The lowest BCUT2D eigenvalue weighted by Gasteiger charge is -2.39. The Bertz CT molecular complexity index is 442. The van der Waals surface area contributed by atoms with E-state index >= 15 is 0 Å². The highest BCUT2D eigenvalue weighted by atomic mass is 16.5. The molecular weight excluding hydrogens is 256 g/mol. The van der Waals surface area contributed by atoms with Crippen LogP contribution in [0.5, 0.6) is 6.01 Å². The minimum absolute atomic E-state index is 0.295. The Morgan fingerprint density at radius 2 is 1.80 bits per heavy atom. The van der Waals surface area contributed by atoms with Gasteiger partial charge in [-0.25, -0.2) is 5.84 Å². The van der Waals surface area contributed by atoms with Gasteiger partial charge in [-0.3, -0.25) is 5.43 Å². The largest absolute Gasteiger partial charge is 0.467 e. The maximum Gasteiger partial charge on any atom is 0.322 e. The molecule has 1 aliphatic heterocycles. The lowest BCUT2D eigenvalue weighted by molar-refractivity contribution is 0.225. The number of methoxy groups -OCH3 is 1. The first-order valence-electron chi connectivity index (χ1n) is 7.26. The molecule has 7 heteroatoms. The smallest absolute Gasteiger partial charge is 0.322 e. The Kier molecular flexibility index (Phi) is 3.60. The molecular formula is C13H22N6O. The number of nitrogens with zero attached hydrogens (tertiary/aromatic N) is 4. The second-order valence-electron chi connectivity index (χ2n) is 5.78. The molecule has 1 aromatic rings. The van der Waals surface area contributed by atoms with E-state index in [2.05, 4.69) is 25.3 Å². The molecule has 1 aromatic heterocycles. The summed E-state index contributed by atoms with van der Waals surface area (Å²) in [5.74, 6) is 6.38. The van der Waals surface area contributed by atoms with Crippen LogP contribution in [-0.2, 0) is 0 Å². The molecule has 20 heavy (non-hydrogen) atoms. The van der Waals surface area contributed by atoms with Crippen LogP contribution < -0.4 is 20.9 Å². The van der Waals surface area contributed by atoms with E-state index in [-0.39, 0.29) is 0 Å². The quantitative estimate of drug-likeness (QED) is 0.636. The van der Waals surface area contributed by atoms with Gasteiger partial charge in [0.1, 0.15) is 0 Å². The van der Waals surface area contributed by atoms with Crippen molar-refractivity contribution in [2.24, 2.45) is 11.3 Å². The monoisotopic (exact) mass is 278 g/mol. The van der Waals surface area contributed by atoms with Crippen LogP contribution in [-0.4, -0.2) is 35.2 Å². The molecule has 2 fully saturated rings. The molecule has 3 rings (SSSR count). The number of nitrogens with one attached hydrogen (secondary N) is 1. The van der Waals surface area contributed by atoms with Gasteiger partial charge in [-0.2, -0.15) is 15.0 Å². The van der Waals surface area contributed by atoms with Crippen LogP contribution in [0.3, 0.4) is 0 Å². The number of hydrogen-bond acceptors (Lipinski definition) is 7. The fourth-order valence-electron chi connectivity index (χ4n) is 3.45. The van der Waals surface area contributed by atoms with Crippen molar-refractivity contribution < 1.29 is 4.74 Å². The molecule has 7 nitrogen and oxygen atoms in total. The molecule has 0 radical (unpaired) electrons. The zero-order valence-electron chi connectivity index (χ0n) is 11.9. The van der Waals surface area contributed by atoms with Gasteiger partial charge in [0.05, 0.1) is 7.11 Å². The summed E-state index contributed by atoms with van der Waals surface area (Å²) in [7, 11) is 1.54. The number of aromatic nitrogens is 3. The molecule has 1 aliphatic carbocycles. The Balaban J connectivity index is 1.74. The van der Waals surface area contributed by atoms with Gasteiger partial charge in [0.25, 0.3) is 0 Å². The third-order valence-electron chi connectivity index (χ3n) is 4.69. The summed E-state index contributed by atoms with van der Waals surface area (Å²) in [6, 6.07) is 0.295. The van der Waals surface area contributed by atoms with Crippen molar-refractivity contribution in [3.63, 3.8) is 0 Å². The number of anilines is 2. The van der Waals surface area contributed by atoms with Crippen LogP contribution in [0, 0.1) is 5.41 Å². The number of nitrogen functional groups attached to an aromatic ring is 1. The Labute approximate surface area is 118 Å². The second-order valence-corrected chi connectivity index (χ2v) is 5.78. The first-order valence-corrected chi connectivity index (χ1v) is 7.26. The zero-order chi connectivity index (χ0) is 14.0. The van der Waals surface area contributed by atoms with Crippen molar-refractivity contribution in [3.05, 3.63) is 0 Å². The van der Waals surface area contributed by atoms with E-state index in [1.807, 2.05) is 0 Å². The molecule has 0 amide bonds. The molecule has 3 N–H and O–H groups in total. The van der Waals surface area contributed by atoms with E-state index in [4.69, 9.17) is 10.6 Å². The Morgan fingerprint density at radius 1 is 1.10 bits per heavy atom. The number of hydrazine groups is 1. The molecule has 2 heterocycles. The zero-order valence-corrected chi connectivity index (χ0v) is 11.9. The van der Waals surface area contributed by atoms with Crippen molar-refractivity contribution in [2.45, 2.75) is 38.5 Å². The fraction of sp³-hybridized carbons (Fsp3) is 0.769. The molecule has 110 valence electrons. The summed E-state index contributed by atoms with van der Waals surface area (Å²) in [5.41, 5.74) is 3.05. The van der Waals surface area contributed by atoms with E-state index in [0.29, 0.717) is 23.3 Å². The minimum Gasteiger partial charge on any atom is -0.467 e. The molecule has 0 bridgehead atoms. The summed E-state index contributed by atoms with van der Waals surface area (Å²) >= 11 is 0. The highest BCUT2D eigenvalue weighted by molar-refractivity contribution is 5.38. The van der Waals surface area contributed by atoms with Crippen molar-refractivity contribution in [3.8, 4) is 6.01 Å². The topological polar surface area (TPSA) is 89.2 Å². The summed E-state index contributed by atoms with van der Waals surface area (Å²) in [4.78, 5) is 14.9. The van der Waals surface area contributed by atoms with Gasteiger partial charge >= 0.3 is 6.01 Å². The van der Waals surface area contributed by atoms with Crippen LogP contribution in [0.1, 0.15) is 38.5 Å². The van der Waals surface area contributed by atoms with Gasteiger partial charge < -0.3 is 9.64 Å². The van der Waals surface area contributed by atoms with Crippen LogP contribution in [0.2, 0.25) is 0 Å². The first-order chi connectivity index (χ1) is 9.74. The summed E-state index contributed by atoms with van der Waals surface area (Å²) in [6.07, 6.45) is 8.01. The minimum atomic E-state index is 0.295. The van der Waals surface area contributed by atoms with Gasteiger partial charge in [-0.1, -0.05) is 12.8 Å². The number of nitrogens with two attached hydrogens (primary N) is 1. The van der Waals surface area contributed by atoms with E-state index in [1.54, 1.807) is 7.11 Å². The Morgan fingerprint density at radius 3 is 2.40 bits per heavy atom.